The third-order valence-corrected chi connectivity index (χ3v) is 5.72. The second-order valence-electron chi connectivity index (χ2n) is 7.74. The Hall–Kier alpha value is -1.06. The van der Waals surface area contributed by atoms with Crippen molar-refractivity contribution in [3.05, 3.63) is 0 Å². The first-order valence-corrected chi connectivity index (χ1v) is 9.28. The van der Waals surface area contributed by atoms with Crippen LogP contribution in [0.1, 0.15) is 85.0 Å². The normalized spacial score (nSPS) is 26.2. The predicted molar refractivity (Wildman–Crippen MR) is 91.4 cm³/mol. The molecule has 2 N–H and O–H groups in total. The molecule has 23 heavy (non-hydrogen) atoms. The summed E-state index contributed by atoms with van der Waals surface area (Å²) in [6.45, 7) is 6.51. The highest BCUT2D eigenvalue weighted by Crippen LogP contribution is 2.53. The van der Waals surface area contributed by atoms with Crippen molar-refractivity contribution in [2.24, 2.45) is 23.2 Å². The monoisotopic (exact) mass is 326 g/mol. The summed E-state index contributed by atoms with van der Waals surface area (Å²) in [7, 11) is 0. The van der Waals surface area contributed by atoms with Gasteiger partial charge in [-0.15, -0.1) is 0 Å². The first kappa shape index (κ1) is 20.0. The molecule has 0 spiro atoms. The van der Waals surface area contributed by atoms with Crippen molar-refractivity contribution in [3.63, 3.8) is 0 Å². The van der Waals surface area contributed by atoms with E-state index in [4.69, 9.17) is 0 Å². The van der Waals surface area contributed by atoms with Gasteiger partial charge in [0.1, 0.15) is 0 Å². The van der Waals surface area contributed by atoms with E-state index in [2.05, 4.69) is 20.8 Å². The molecule has 3 unspecified atom stereocenters. The van der Waals surface area contributed by atoms with Crippen LogP contribution in [-0.2, 0) is 9.59 Å². The van der Waals surface area contributed by atoms with E-state index >= 15 is 0 Å². The quantitative estimate of drug-likeness (QED) is 0.594. The van der Waals surface area contributed by atoms with Crippen LogP contribution in [0.4, 0.5) is 0 Å². The first-order valence-electron chi connectivity index (χ1n) is 9.28. The second-order valence-corrected chi connectivity index (χ2v) is 7.74. The van der Waals surface area contributed by atoms with Gasteiger partial charge in [-0.3, -0.25) is 9.59 Å². The SMILES string of the molecule is CCCCC1(C(CC(=O)O)C(=O)O)CCCCC1CCC(C)C. The molecular formula is C19H34O4. The Labute approximate surface area is 140 Å². The molecule has 1 rings (SSSR count). The van der Waals surface area contributed by atoms with Crippen LogP contribution < -0.4 is 0 Å². The molecule has 1 fully saturated rings. The molecule has 0 aromatic heterocycles. The van der Waals surface area contributed by atoms with Crippen molar-refractivity contribution >= 4 is 11.9 Å². The molecule has 1 aliphatic rings. The van der Waals surface area contributed by atoms with E-state index < -0.39 is 17.9 Å². The Morgan fingerprint density at radius 1 is 1.22 bits per heavy atom. The van der Waals surface area contributed by atoms with E-state index in [0.29, 0.717) is 11.8 Å². The largest absolute Gasteiger partial charge is 0.481 e. The number of carboxylic acids is 2. The van der Waals surface area contributed by atoms with Crippen LogP contribution in [0.3, 0.4) is 0 Å². The molecule has 0 heterocycles. The Morgan fingerprint density at radius 3 is 2.43 bits per heavy atom. The van der Waals surface area contributed by atoms with Gasteiger partial charge in [-0.2, -0.15) is 0 Å². The zero-order valence-electron chi connectivity index (χ0n) is 15.0. The fraction of sp³-hybridized carbons (Fsp3) is 0.895. The molecular weight excluding hydrogens is 292 g/mol. The lowest BCUT2D eigenvalue weighted by atomic mass is 9.55. The molecule has 0 saturated heterocycles. The summed E-state index contributed by atoms with van der Waals surface area (Å²) in [5.41, 5.74) is -0.326. The first-order chi connectivity index (χ1) is 10.8. The maximum absolute atomic E-state index is 11.9. The van der Waals surface area contributed by atoms with Crippen molar-refractivity contribution in [2.75, 3.05) is 0 Å². The number of rotatable bonds is 10. The smallest absolute Gasteiger partial charge is 0.307 e. The van der Waals surface area contributed by atoms with Crippen LogP contribution in [0, 0.1) is 23.2 Å². The standard InChI is InChI=1S/C19H34O4/c1-4-5-11-19(16(18(22)23)13-17(20)21)12-7-6-8-15(19)10-9-14(2)3/h14-16H,4-13H2,1-3H3,(H,20,21)(H,22,23). The van der Waals surface area contributed by atoms with Crippen LogP contribution in [0.2, 0.25) is 0 Å². The zero-order chi connectivity index (χ0) is 17.5. The number of unbranched alkanes of at least 4 members (excludes halogenated alkanes) is 1. The maximum atomic E-state index is 11.9. The van der Waals surface area contributed by atoms with E-state index in [9.17, 15) is 19.8 Å². The molecule has 1 saturated carbocycles. The van der Waals surface area contributed by atoms with Gasteiger partial charge < -0.3 is 10.2 Å². The van der Waals surface area contributed by atoms with Crippen molar-refractivity contribution in [2.45, 2.75) is 85.0 Å². The maximum Gasteiger partial charge on any atom is 0.307 e. The van der Waals surface area contributed by atoms with Gasteiger partial charge in [0.15, 0.2) is 0 Å². The highest BCUT2D eigenvalue weighted by atomic mass is 16.4. The molecule has 3 atom stereocenters. The highest BCUT2D eigenvalue weighted by Gasteiger charge is 2.49. The van der Waals surface area contributed by atoms with Crippen LogP contribution in [-0.4, -0.2) is 22.2 Å². The van der Waals surface area contributed by atoms with E-state index in [1.807, 2.05) is 0 Å². The minimum absolute atomic E-state index is 0.239. The Balaban J connectivity index is 3.11. The summed E-state index contributed by atoms with van der Waals surface area (Å²) in [6.07, 6.45) is 8.87. The lowest BCUT2D eigenvalue weighted by Crippen LogP contribution is -2.45. The highest BCUT2D eigenvalue weighted by molar-refractivity contribution is 5.78. The van der Waals surface area contributed by atoms with Crippen LogP contribution in [0.25, 0.3) is 0 Å². The number of hydrogen-bond donors (Lipinski definition) is 2. The number of hydrogen-bond acceptors (Lipinski definition) is 2. The summed E-state index contributed by atoms with van der Waals surface area (Å²) in [4.78, 5) is 23.2. The van der Waals surface area contributed by atoms with Gasteiger partial charge in [0, 0.05) is 0 Å². The summed E-state index contributed by atoms with van der Waals surface area (Å²) < 4.78 is 0. The van der Waals surface area contributed by atoms with Gasteiger partial charge in [0.25, 0.3) is 0 Å². The predicted octanol–water partition coefficient (Wildman–Crippen LogP) is 4.96. The van der Waals surface area contributed by atoms with E-state index in [1.165, 1.54) is 0 Å². The van der Waals surface area contributed by atoms with Crippen molar-refractivity contribution in [1.29, 1.82) is 0 Å². The molecule has 134 valence electrons. The number of aliphatic carboxylic acids is 2. The topological polar surface area (TPSA) is 74.6 Å². The van der Waals surface area contributed by atoms with Crippen LogP contribution >= 0.6 is 0 Å². The lowest BCUT2D eigenvalue weighted by Gasteiger charge is -2.48. The summed E-state index contributed by atoms with van der Waals surface area (Å²) in [5, 5.41) is 19.0. The molecule has 0 radical (unpaired) electrons. The molecule has 0 aliphatic heterocycles. The Morgan fingerprint density at radius 2 is 1.91 bits per heavy atom. The van der Waals surface area contributed by atoms with Crippen molar-refractivity contribution in [3.8, 4) is 0 Å². The zero-order valence-corrected chi connectivity index (χ0v) is 15.0. The molecule has 0 aromatic carbocycles. The summed E-state index contributed by atoms with van der Waals surface area (Å²) >= 11 is 0. The fourth-order valence-corrected chi connectivity index (χ4v) is 4.48. The molecule has 0 amide bonds. The van der Waals surface area contributed by atoms with E-state index in [1.54, 1.807) is 0 Å². The molecule has 1 aliphatic carbocycles. The summed E-state index contributed by atoms with van der Waals surface area (Å²) in [5.74, 6) is -1.69. The van der Waals surface area contributed by atoms with Crippen molar-refractivity contribution < 1.29 is 19.8 Å². The average Bonchev–Trinajstić information content (AvgIpc) is 2.48. The molecule has 4 heteroatoms. The lowest BCUT2D eigenvalue weighted by molar-refractivity contribution is -0.158. The van der Waals surface area contributed by atoms with Gasteiger partial charge >= 0.3 is 11.9 Å². The van der Waals surface area contributed by atoms with E-state index in [0.717, 1.165) is 57.8 Å². The summed E-state index contributed by atoms with van der Waals surface area (Å²) in [6, 6.07) is 0. The molecule has 4 nitrogen and oxygen atoms in total. The Bertz CT molecular complexity index is 391. The van der Waals surface area contributed by atoms with E-state index in [-0.39, 0.29) is 11.8 Å². The van der Waals surface area contributed by atoms with Crippen LogP contribution in [0.15, 0.2) is 0 Å². The average molecular weight is 326 g/mol. The molecule has 0 aromatic rings. The van der Waals surface area contributed by atoms with Gasteiger partial charge in [-0.1, -0.05) is 52.9 Å². The fourth-order valence-electron chi connectivity index (χ4n) is 4.48. The number of carbonyl (C=O) groups is 2. The second kappa shape index (κ2) is 9.29. The van der Waals surface area contributed by atoms with Gasteiger partial charge in [0.2, 0.25) is 0 Å². The minimum Gasteiger partial charge on any atom is -0.481 e. The number of carboxylic acid groups (broad SMARTS) is 2. The Kier molecular flexibility index (Phi) is 8.07. The molecule has 0 bridgehead atoms. The van der Waals surface area contributed by atoms with Crippen molar-refractivity contribution in [1.82, 2.24) is 0 Å². The third-order valence-electron chi connectivity index (χ3n) is 5.72. The third kappa shape index (κ3) is 5.50. The van der Waals surface area contributed by atoms with Crippen LogP contribution in [0.5, 0.6) is 0 Å². The van der Waals surface area contributed by atoms with Gasteiger partial charge in [-0.25, -0.2) is 0 Å². The van der Waals surface area contributed by atoms with Gasteiger partial charge in [-0.05, 0) is 42.9 Å². The minimum atomic E-state index is -0.985. The van der Waals surface area contributed by atoms with Gasteiger partial charge in [0.05, 0.1) is 12.3 Å².